The van der Waals surface area contributed by atoms with Gasteiger partial charge in [0.15, 0.2) is 11.6 Å². The van der Waals surface area contributed by atoms with E-state index in [4.69, 9.17) is 9.47 Å². The second-order valence-electron chi connectivity index (χ2n) is 6.08. The molecular weight excluding hydrogens is 322 g/mol. The number of nitrogens with zero attached hydrogens (tertiary/aromatic N) is 2. The summed E-state index contributed by atoms with van der Waals surface area (Å²) in [7, 11) is 1.36. The van der Waals surface area contributed by atoms with Gasteiger partial charge in [-0.25, -0.2) is 4.79 Å². The third-order valence-corrected chi connectivity index (χ3v) is 4.58. The van der Waals surface area contributed by atoms with Crippen LogP contribution in [0.25, 0.3) is 0 Å². The summed E-state index contributed by atoms with van der Waals surface area (Å²) in [5.74, 6) is 1.08. The van der Waals surface area contributed by atoms with Gasteiger partial charge in [0.1, 0.15) is 12.3 Å². The lowest BCUT2D eigenvalue weighted by molar-refractivity contribution is 0.0599. The Morgan fingerprint density at radius 1 is 1.16 bits per heavy atom. The molecule has 0 spiro atoms. The molecule has 7 nitrogen and oxygen atoms in total. The van der Waals surface area contributed by atoms with E-state index < -0.39 is 0 Å². The fraction of sp³-hybridized carbons (Fsp3) is 0.333. The largest absolute Gasteiger partial charge is 0.488 e. The molecule has 4 rings (SSSR count). The Labute approximate surface area is 145 Å². The average Bonchev–Trinajstić information content (AvgIpc) is 3.04. The van der Waals surface area contributed by atoms with Crippen LogP contribution in [-0.4, -0.2) is 55.1 Å². The SMILES string of the molecule is COC(=O)c1ccc(N2CCOc3cc(C(=O)N4CCC4)[nH]c32)cc1. The van der Waals surface area contributed by atoms with Crippen molar-refractivity contribution in [3.8, 4) is 5.75 Å². The van der Waals surface area contributed by atoms with Crippen molar-refractivity contribution in [1.82, 2.24) is 9.88 Å². The van der Waals surface area contributed by atoms with Crippen LogP contribution in [0.1, 0.15) is 27.3 Å². The lowest BCUT2D eigenvalue weighted by Gasteiger charge is -2.30. The molecule has 1 saturated heterocycles. The molecule has 0 unspecified atom stereocenters. The summed E-state index contributed by atoms with van der Waals surface area (Å²) in [4.78, 5) is 31.0. The molecule has 0 bridgehead atoms. The van der Waals surface area contributed by atoms with Crippen molar-refractivity contribution in [2.24, 2.45) is 0 Å². The van der Waals surface area contributed by atoms with Crippen LogP contribution in [0.3, 0.4) is 0 Å². The van der Waals surface area contributed by atoms with Gasteiger partial charge in [0.2, 0.25) is 0 Å². The molecule has 1 fully saturated rings. The number of H-pyrrole nitrogens is 1. The van der Waals surface area contributed by atoms with Crippen LogP contribution in [-0.2, 0) is 4.74 Å². The number of carbonyl (C=O) groups excluding carboxylic acids is 2. The van der Waals surface area contributed by atoms with Crippen LogP contribution in [0.15, 0.2) is 30.3 Å². The lowest BCUT2D eigenvalue weighted by atomic mass is 10.2. The van der Waals surface area contributed by atoms with Crippen LogP contribution in [0, 0.1) is 0 Å². The summed E-state index contributed by atoms with van der Waals surface area (Å²) in [5.41, 5.74) is 1.96. The molecule has 0 atom stereocenters. The number of benzene rings is 1. The summed E-state index contributed by atoms with van der Waals surface area (Å²) in [5, 5.41) is 0. The highest BCUT2D eigenvalue weighted by Crippen LogP contribution is 2.37. The number of hydrogen-bond donors (Lipinski definition) is 1. The Balaban J connectivity index is 1.61. The highest BCUT2D eigenvalue weighted by atomic mass is 16.5. The zero-order valence-electron chi connectivity index (χ0n) is 13.9. The minimum atomic E-state index is -0.364. The highest BCUT2D eigenvalue weighted by Gasteiger charge is 2.28. The minimum absolute atomic E-state index is 0.00485. The molecule has 0 saturated carbocycles. The first-order chi connectivity index (χ1) is 12.2. The van der Waals surface area contributed by atoms with Crippen LogP contribution in [0.2, 0.25) is 0 Å². The van der Waals surface area contributed by atoms with Crippen LogP contribution in [0.5, 0.6) is 5.75 Å². The van der Waals surface area contributed by atoms with E-state index in [0.717, 1.165) is 31.0 Å². The number of likely N-dealkylation sites (tertiary alicyclic amines) is 1. The number of anilines is 2. The number of hydrogen-bond acceptors (Lipinski definition) is 5. The van der Waals surface area contributed by atoms with E-state index in [0.29, 0.717) is 30.2 Å². The third-order valence-electron chi connectivity index (χ3n) is 4.58. The zero-order chi connectivity index (χ0) is 17.4. The van der Waals surface area contributed by atoms with E-state index in [1.165, 1.54) is 7.11 Å². The van der Waals surface area contributed by atoms with Gasteiger partial charge in [0.05, 0.1) is 19.2 Å². The number of fused-ring (bicyclic) bond motifs is 1. The maximum atomic E-state index is 12.4. The second-order valence-corrected chi connectivity index (χ2v) is 6.08. The maximum Gasteiger partial charge on any atom is 0.337 e. The van der Waals surface area contributed by atoms with Crippen LogP contribution in [0.4, 0.5) is 11.5 Å². The van der Waals surface area contributed by atoms with Crippen molar-refractivity contribution in [3.05, 3.63) is 41.6 Å². The summed E-state index contributed by atoms with van der Waals surface area (Å²) >= 11 is 0. The molecule has 1 aromatic heterocycles. The average molecular weight is 341 g/mol. The summed E-state index contributed by atoms with van der Waals surface area (Å²) in [6.07, 6.45) is 1.06. The Bertz CT molecular complexity index is 808. The maximum absolute atomic E-state index is 12.4. The molecule has 0 aliphatic carbocycles. The standard InChI is InChI=1S/C18H19N3O4/c1-24-18(23)12-3-5-13(6-4-12)21-9-10-25-15-11-14(19-16(15)21)17(22)20-7-2-8-20/h3-6,11,19H,2,7-10H2,1H3. The van der Waals surface area contributed by atoms with Gasteiger partial charge >= 0.3 is 5.97 Å². The predicted octanol–water partition coefficient (Wildman–Crippen LogP) is 2.18. The van der Waals surface area contributed by atoms with Crippen molar-refractivity contribution in [3.63, 3.8) is 0 Å². The van der Waals surface area contributed by atoms with Crippen molar-refractivity contribution >= 4 is 23.4 Å². The number of esters is 1. The number of amides is 1. The molecule has 3 heterocycles. The van der Waals surface area contributed by atoms with Crippen LogP contribution < -0.4 is 9.64 Å². The summed E-state index contributed by atoms with van der Waals surface area (Å²) in [6.45, 7) is 2.80. The zero-order valence-corrected chi connectivity index (χ0v) is 13.9. The van der Waals surface area contributed by atoms with Crippen molar-refractivity contribution < 1.29 is 19.1 Å². The molecule has 2 aromatic rings. The Morgan fingerprint density at radius 2 is 1.92 bits per heavy atom. The Hall–Kier alpha value is -2.96. The number of methoxy groups -OCH3 is 1. The van der Waals surface area contributed by atoms with E-state index >= 15 is 0 Å². The van der Waals surface area contributed by atoms with Gasteiger partial charge < -0.3 is 24.3 Å². The molecule has 2 aliphatic heterocycles. The van der Waals surface area contributed by atoms with Gasteiger partial charge in [0, 0.05) is 24.8 Å². The van der Waals surface area contributed by atoms with E-state index in [1.54, 1.807) is 18.2 Å². The van der Waals surface area contributed by atoms with Gasteiger partial charge in [0.25, 0.3) is 5.91 Å². The number of aromatic amines is 1. The Morgan fingerprint density at radius 3 is 2.56 bits per heavy atom. The summed E-state index contributed by atoms with van der Waals surface area (Å²) < 4.78 is 10.4. The Kier molecular flexibility index (Phi) is 3.83. The predicted molar refractivity (Wildman–Crippen MR) is 91.6 cm³/mol. The molecule has 25 heavy (non-hydrogen) atoms. The summed E-state index contributed by atoms with van der Waals surface area (Å²) in [6, 6.07) is 8.94. The van der Waals surface area contributed by atoms with E-state index in [1.807, 2.05) is 21.9 Å². The van der Waals surface area contributed by atoms with Gasteiger partial charge in [-0.2, -0.15) is 0 Å². The topological polar surface area (TPSA) is 74.9 Å². The molecule has 1 N–H and O–H groups in total. The van der Waals surface area contributed by atoms with Crippen molar-refractivity contribution in [2.45, 2.75) is 6.42 Å². The van der Waals surface area contributed by atoms with Gasteiger partial charge in [-0.15, -0.1) is 0 Å². The number of aromatic nitrogens is 1. The molecule has 130 valence electrons. The first-order valence-electron chi connectivity index (χ1n) is 8.28. The van der Waals surface area contributed by atoms with Crippen molar-refractivity contribution in [1.29, 1.82) is 0 Å². The van der Waals surface area contributed by atoms with Crippen LogP contribution >= 0.6 is 0 Å². The van der Waals surface area contributed by atoms with E-state index in [2.05, 4.69) is 4.98 Å². The monoisotopic (exact) mass is 341 g/mol. The number of ether oxygens (including phenoxy) is 2. The smallest absolute Gasteiger partial charge is 0.337 e. The number of rotatable bonds is 3. The fourth-order valence-corrected chi connectivity index (χ4v) is 3.05. The molecular formula is C18H19N3O4. The number of carbonyl (C=O) groups is 2. The van der Waals surface area contributed by atoms with Crippen molar-refractivity contribution in [2.75, 3.05) is 38.3 Å². The fourth-order valence-electron chi connectivity index (χ4n) is 3.05. The minimum Gasteiger partial charge on any atom is -0.488 e. The van der Waals surface area contributed by atoms with Gasteiger partial charge in [-0.05, 0) is 30.7 Å². The second kappa shape index (κ2) is 6.16. The first-order valence-corrected chi connectivity index (χ1v) is 8.28. The number of nitrogens with one attached hydrogen (secondary N) is 1. The van der Waals surface area contributed by atoms with Gasteiger partial charge in [-0.3, -0.25) is 4.79 Å². The van der Waals surface area contributed by atoms with E-state index in [9.17, 15) is 9.59 Å². The molecule has 0 radical (unpaired) electrons. The molecule has 7 heteroatoms. The lowest BCUT2D eigenvalue weighted by Crippen LogP contribution is -2.42. The van der Waals surface area contributed by atoms with E-state index in [-0.39, 0.29) is 11.9 Å². The third kappa shape index (κ3) is 2.71. The van der Waals surface area contributed by atoms with Gasteiger partial charge in [-0.1, -0.05) is 0 Å². The molecule has 1 aromatic carbocycles. The quantitative estimate of drug-likeness (QED) is 0.866. The molecule has 2 aliphatic rings. The normalized spacial score (nSPS) is 15.9. The highest BCUT2D eigenvalue weighted by molar-refractivity contribution is 5.95. The first kappa shape index (κ1) is 15.6. The molecule has 1 amide bonds.